The van der Waals surface area contributed by atoms with Crippen molar-refractivity contribution in [1.82, 2.24) is 4.90 Å². The SMILES string of the molecule is O=C(OCc1ccccc1)N1CC2(CO)CC(C(=O)O)(C1)C2. The van der Waals surface area contributed by atoms with Gasteiger partial charge in [0.15, 0.2) is 0 Å². The molecular formula is C16H19NO5. The molecule has 3 fully saturated rings. The number of hydrogen-bond acceptors (Lipinski definition) is 4. The van der Waals surface area contributed by atoms with Gasteiger partial charge < -0.3 is 19.8 Å². The number of carbonyl (C=O) groups is 2. The van der Waals surface area contributed by atoms with Crippen LogP contribution >= 0.6 is 0 Å². The van der Waals surface area contributed by atoms with E-state index in [0.717, 1.165) is 5.56 Å². The Labute approximate surface area is 128 Å². The van der Waals surface area contributed by atoms with Crippen molar-refractivity contribution in [2.45, 2.75) is 19.4 Å². The van der Waals surface area contributed by atoms with Crippen LogP contribution in [0.5, 0.6) is 0 Å². The highest BCUT2D eigenvalue weighted by Gasteiger charge is 2.64. The van der Waals surface area contributed by atoms with Crippen LogP contribution in [0.1, 0.15) is 18.4 Å². The smallest absolute Gasteiger partial charge is 0.410 e. The Morgan fingerprint density at radius 3 is 2.45 bits per heavy atom. The molecule has 1 aliphatic carbocycles. The van der Waals surface area contributed by atoms with E-state index in [9.17, 15) is 19.8 Å². The lowest BCUT2D eigenvalue weighted by Gasteiger charge is -2.60. The lowest BCUT2D eigenvalue weighted by molar-refractivity contribution is -0.189. The number of carboxylic acid groups (broad SMARTS) is 1. The summed E-state index contributed by atoms with van der Waals surface area (Å²) in [5.41, 5.74) is -0.530. The highest BCUT2D eigenvalue weighted by Crippen LogP contribution is 2.58. The van der Waals surface area contributed by atoms with E-state index in [4.69, 9.17) is 4.74 Å². The van der Waals surface area contributed by atoms with Crippen LogP contribution < -0.4 is 0 Å². The Morgan fingerprint density at radius 2 is 1.86 bits per heavy atom. The molecule has 1 amide bonds. The number of piperidine rings is 2. The summed E-state index contributed by atoms with van der Waals surface area (Å²) < 4.78 is 5.26. The maximum absolute atomic E-state index is 12.2. The average molecular weight is 305 g/mol. The lowest BCUT2D eigenvalue weighted by atomic mass is 9.50. The highest BCUT2D eigenvalue weighted by atomic mass is 16.6. The first-order valence-electron chi connectivity index (χ1n) is 7.29. The third kappa shape index (κ3) is 2.43. The monoisotopic (exact) mass is 305 g/mol. The fourth-order valence-electron chi connectivity index (χ4n) is 3.75. The van der Waals surface area contributed by atoms with Crippen molar-refractivity contribution in [1.29, 1.82) is 0 Å². The molecule has 0 atom stereocenters. The van der Waals surface area contributed by atoms with Gasteiger partial charge in [-0.05, 0) is 18.4 Å². The summed E-state index contributed by atoms with van der Waals surface area (Å²) in [6.07, 6.45) is 0.328. The normalized spacial score (nSPS) is 29.6. The molecule has 6 nitrogen and oxygen atoms in total. The fourth-order valence-corrected chi connectivity index (χ4v) is 3.75. The summed E-state index contributed by atoms with van der Waals surface area (Å²) in [5, 5.41) is 18.9. The Balaban J connectivity index is 1.64. The number of fused-ring (bicyclic) bond motifs is 2. The molecule has 4 rings (SSSR count). The van der Waals surface area contributed by atoms with Gasteiger partial charge in [0, 0.05) is 18.5 Å². The van der Waals surface area contributed by atoms with Gasteiger partial charge in [0.2, 0.25) is 0 Å². The molecular weight excluding hydrogens is 286 g/mol. The standard InChI is InChI=1S/C16H19NO5/c18-11-15-7-16(8-15,13(19)20)10-17(9-15)14(21)22-6-12-4-2-1-3-5-12/h1-5,18H,6-11H2,(H,19,20). The van der Waals surface area contributed by atoms with Crippen molar-refractivity contribution in [3.63, 3.8) is 0 Å². The number of carbonyl (C=O) groups excluding carboxylic acids is 1. The first-order chi connectivity index (χ1) is 10.5. The maximum Gasteiger partial charge on any atom is 0.410 e. The van der Waals surface area contributed by atoms with Crippen LogP contribution in [0.2, 0.25) is 0 Å². The number of carboxylic acids is 1. The predicted molar refractivity (Wildman–Crippen MR) is 77.0 cm³/mol. The molecule has 0 radical (unpaired) electrons. The van der Waals surface area contributed by atoms with E-state index in [2.05, 4.69) is 0 Å². The van der Waals surface area contributed by atoms with Gasteiger partial charge in [-0.15, -0.1) is 0 Å². The van der Waals surface area contributed by atoms with Gasteiger partial charge in [0.05, 0.1) is 12.0 Å². The number of benzene rings is 1. The van der Waals surface area contributed by atoms with Crippen molar-refractivity contribution in [3.8, 4) is 0 Å². The summed E-state index contributed by atoms with van der Waals surface area (Å²) >= 11 is 0. The van der Waals surface area contributed by atoms with E-state index in [-0.39, 0.29) is 19.8 Å². The summed E-state index contributed by atoms with van der Waals surface area (Å²) in [7, 11) is 0. The number of amides is 1. The van der Waals surface area contributed by atoms with Gasteiger partial charge in [-0.3, -0.25) is 4.79 Å². The van der Waals surface area contributed by atoms with E-state index in [1.54, 1.807) is 0 Å². The first kappa shape index (κ1) is 14.8. The molecule has 0 unspecified atom stereocenters. The van der Waals surface area contributed by atoms with Gasteiger partial charge in [-0.2, -0.15) is 0 Å². The Hall–Kier alpha value is -2.08. The Kier molecular flexibility index (Phi) is 3.56. The molecule has 0 spiro atoms. The van der Waals surface area contributed by atoms with E-state index < -0.39 is 22.9 Å². The molecule has 2 heterocycles. The molecule has 2 aliphatic heterocycles. The second-order valence-corrected chi connectivity index (χ2v) is 6.49. The number of rotatable bonds is 4. The molecule has 2 N–H and O–H groups in total. The summed E-state index contributed by atoms with van der Waals surface area (Å²) in [6, 6.07) is 9.31. The topological polar surface area (TPSA) is 87.1 Å². The molecule has 1 aromatic carbocycles. The second-order valence-electron chi connectivity index (χ2n) is 6.49. The summed E-state index contributed by atoms with van der Waals surface area (Å²) in [5.74, 6) is -0.905. The number of aliphatic hydroxyl groups excluding tert-OH is 1. The molecule has 2 bridgehead atoms. The van der Waals surface area contributed by atoms with Gasteiger partial charge in [-0.25, -0.2) is 4.79 Å². The minimum absolute atomic E-state index is 0.107. The minimum Gasteiger partial charge on any atom is -0.481 e. The lowest BCUT2D eigenvalue weighted by Crippen LogP contribution is -2.68. The molecule has 3 aliphatic rings. The van der Waals surface area contributed by atoms with Gasteiger partial charge >= 0.3 is 12.1 Å². The van der Waals surface area contributed by atoms with E-state index in [0.29, 0.717) is 19.4 Å². The summed E-state index contributed by atoms with van der Waals surface area (Å²) in [6.45, 7) is 0.552. The van der Waals surface area contributed by atoms with Crippen molar-refractivity contribution >= 4 is 12.1 Å². The van der Waals surface area contributed by atoms with E-state index in [1.165, 1.54) is 4.90 Å². The van der Waals surface area contributed by atoms with Gasteiger partial charge in [0.1, 0.15) is 6.61 Å². The van der Waals surface area contributed by atoms with Crippen LogP contribution in [0.15, 0.2) is 30.3 Å². The molecule has 1 saturated carbocycles. The zero-order chi connectivity index (χ0) is 15.8. The number of hydrogen-bond donors (Lipinski definition) is 2. The molecule has 6 heteroatoms. The molecule has 1 aromatic rings. The maximum atomic E-state index is 12.2. The molecule has 2 saturated heterocycles. The summed E-state index contributed by atoms with van der Waals surface area (Å²) in [4.78, 5) is 25.1. The third-order valence-corrected chi connectivity index (χ3v) is 4.70. The molecule has 118 valence electrons. The van der Waals surface area contributed by atoms with Crippen molar-refractivity contribution < 1.29 is 24.5 Å². The van der Waals surface area contributed by atoms with Crippen molar-refractivity contribution in [3.05, 3.63) is 35.9 Å². The van der Waals surface area contributed by atoms with E-state index in [1.807, 2.05) is 30.3 Å². The zero-order valence-corrected chi connectivity index (χ0v) is 12.2. The number of aliphatic carboxylic acids is 1. The Morgan fingerprint density at radius 1 is 1.18 bits per heavy atom. The van der Waals surface area contributed by atoms with E-state index >= 15 is 0 Å². The molecule has 0 aromatic heterocycles. The number of nitrogens with zero attached hydrogens (tertiary/aromatic N) is 1. The van der Waals surface area contributed by atoms with Crippen LogP contribution in [-0.4, -0.2) is 46.9 Å². The highest BCUT2D eigenvalue weighted by molar-refractivity contribution is 5.79. The zero-order valence-electron chi connectivity index (χ0n) is 12.2. The molecule has 22 heavy (non-hydrogen) atoms. The quantitative estimate of drug-likeness (QED) is 0.880. The minimum atomic E-state index is -0.924. The van der Waals surface area contributed by atoms with Crippen LogP contribution in [0, 0.1) is 10.8 Å². The Bertz CT molecular complexity index is 579. The van der Waals surface area contributed by atoms with Crippen molar-refractivity contribution in [2.24, 2.45) is 10.8 Å². The number of ether oxygens (including phenoxy) is 1. The third-order valence-electron chi connectivity index (χ3n) is 4.70. The van der Waals surface area contributed by atoms with Gasteiger partial charge in [-0.1, -0.05) is 30.3 Å². The largest absolute Gasteiger partial charge is 0.481 e. The fraction of sp³-hybridized carbons (Fsp3) is 0.500. The van der Waals surface area contributed by atoms with Crippen molar-refractivity contribution in [2.75, 3.05) is 19.7 Å². The van der Waals surface area contributed by atoms with Crippen LogP contribution in [0.3, 0.4) is 0 Å². The first-order valence-corrected chi connectivity index (χ1v) is 7.29. The number of aliphatic hydroxyl groups is 1. The predicted octanol–water partition coefficient (Wildman–Crippen LogP) is 1.48. The van der Waals surface area contributed by atoms with Crippen LogP contribution in [-0.2, 0) is 16.1 Å². The second kappa shape index (κ2) is 5.28. The van der Waals surface area contributed by atoms with Crippen LogP contribution in [0.4, 0.5) is 4.79 Å². The van der Waals surface area contributed by atoms with Crippen LogP contribution in [0.25, 0.3) is 0 Å². The average Bonchev–Trinajstić information content (AvgIpc) is 2.52. The van der Waals surface area contributed by atoms with Gasteiger partial charge in [0.25, 0.3) is 0 Å².